The zero-order valence-electron chi connectivity index (χ0n) is 12.4. The maximum absolute atomic E-state index is 12.1. The van der Waals surface area contributed by atoms with Gasteiger partial charge in [-0.3, -0.25) is 9.48 Å². The van der Waals surface area contributed by atoms with Crippen molar-refractivity contribution >= 4 is 17.1 Å². The van der Waals surface area contributed by atoms with Crippen molar-refractivity contribution < 1.29 is 4.79 Å². The number of thiazole rings is 1. The first-order chi connectivity index (χ1) is 10.2. The molecule has 2 aromatic rings. The topological polar surface area (TPSA) is 47.8 Å². The van der Waals surface area contributed by atoms with E-state index in [9.17, 15) is 4.79 Å². The lowest BCUT2D eigenvalue weighted by atomic mass is 9.96. The van der Waals surface area contributed by atoms with Gasteiger partial charge in [0, 0.05) is 18.0 Å². The summed E-state index contributed by atoms with van der Waals surface area (Å²) in [7, 11) is 0. The Bertz CT molecular complexity index is 611. The highest BCUT2D eigenvalue weighted by Gasteiger charge is 2.17. The number of ketones is 1. The third-order valence-electron chi connectivity index (χ3n) is 4.04. The van der Waals surface area contributed by atoms with E-state index in [0.717, 1.165) is 16.4 Å². The van der Waals surface area contributed by atoms with E-state index >= 15 is 0 Å². The standard InChI is InChI=1S/C16H21N3OS/c1-12-17-14(11-21-12)10-16(20)9-13-7-8-19(18-13)15-5-3-2-4-6-15/h7-8,11,15H,2-6,9-10H2,1H3. The Hall–Kier alpha value is -1.49. The number of aromatic nitrogens is 3. The molecule has 4 nitrogen and oxygen atoms in total. The van der Waals surface area contributed by atoms with E-state index in [1.165, 1.54) is 32.1 Å². The maximum Gasteiger partial charge on any atom is 0.144 e. The first-order valence-corrected chi connectivity index (χ1v) is 8.55. The lowest BCUT2D eigenvalue weighted by molar-refractivity contribution is -0.117. The lowest BCUT2D eigenvalue weighted by Crippen LogP contribution is -2.14. The van der Waals surface area contributed by atoms with Gasteiger partial charge in [0.05, 0.1) is 28.9 Å². The second-order valence-corrected chi connectivity index (χ2v) is 6.89. The molecule has 0 bridgehead atoms. The van der Waals surface area contributed by atoms with Gasteiger partial charge in [0.15, 0.2) is 0 Å². The molecule has 112 valence electrons. The summed E-state index contributed by atoms with van der Waals surface area (Å²) in [6, 6.07) is 2.52. The van der Waals surface area contributed by atoms with Crippen molar-refractivity contribution in [2.75, 3.05) is 0 Å². The summed E-state index contributed by atoms with van der Waals surface area (Å²) in [5, 5.41) is 7.58. The fourth-order valence-electron chi connectivity index (χ4n) is 2.98. The molecule has 1 aliphatic rings. The Kier molecular flexibility index (Phi) is 4.48. The summed E-state index contributed by atoms with van der Waals surface area (Å²) in [5.41, 5.74) is 1.77. The van der Waals surface area contributed by atoms with E-state index < -0.39 is 0 Å². The van der Waals surface area contributed by atoms with E-state index in [2.05, 4.69) is 14.8 Å². The van der Waals surface area contributed by atoms with Gasteiger partial charge < -0.3 is 0 Å². The molecule has 2 aromatic heterocycles. The van der Waals surface area contributed by atoms with Crippen LogP contribution in [-0.2, 0) is 17.6 Å². The highest BCUT2D eigenvalue weighted by atomic mass is 32.1. The van der Waals surface area contributed by atoms with Gasteiger partial charge in [0.2, 0.25) is 0 Å². The number of carbonyl (C=O) groups is 1. The SMILES string of the molecule is Cc1nc(CC(=O)Cc2ccn(C3CCCCC3)n2)cs1. The Morgan fingerprint density at radius 2 is 2.05 bits per heavy atom. The minimum atomic E-state index is 0.189. The third-order valence-corrected chi connectivity index (χ3v) is 4.86. The highest BCUT2D eigenvalue weighted by Crippen LogP contribution is 2.27. The Morgan fingerprint density at radius 1 is 1.29 bits per heavy atom. The highest BCUT2D eigenvalue weighted by molar-refractivity contribution is 7.09. The number of nitrogens with zero attached hydrogens (tertiary/aromatic N) is 3. The van der Waals surface area contributed by atoms with E-state index in [-0.39, 0.29) is 5.78 Å². The summed E-state index contributed by atoms with van der Waals surface area (Å²) >= 11 is 1.59. The van der Waals surface area contributed by atoms with Crippen molar-refractivity contribution in [2.45, 2.75) is 57.9 Å². The summed E-state index contributed by atoms with van der Waals surface area (Å²) in [5.74, 6) is 0.189. The Labute approximate surface area is 129 Å². The van der Waals surface area contributed by atoms with Crippen molar-refractivity contribution in [1.29, 1.82) is 0 Å². The largest absolute Gasteiger partial charge is 0.299 e. The molecule has 0 atom stereocenters. The molecular weight excluding hydrogens is 282 g/mol. The van der Waals surface area contributed by atoms with Gasteiger partial charge in [-0.05, 0) is 25.8 Å². The van der Waals surface area contributed by atoms with Crippen LogP contribution >= 0.6 is 11.3 Å². The van der Waals surface area contributed by atoms with Crippen LogP contribution in [0.25, 0.3) is 0 Å². The number of hydrogen-bond acceptors (Lipinski definition) is 4. The van der Waals surface area contributed by atoms with Gasteiger partial charge >= 0.3 is 0 Å². The van der Waals surface area contributed by atoms with Gasteiger partial charge in [0.25, 0.3) is 0 Å². The van der Waals surface area contributed by atoms with Crippen LogP contribution < -0.4 is 0 Å². The minimum absolute atomic E-state index is 0.189. The van der Waals surface area contributed by atoms with E-state index in [0.29, 0.717) is 18.9 Å². The molecular formula is C16H21N3OS. The predicted molar refractivity (Wildman–Crippen MR) is 83.6 cm³/mol. The van der Waals surface area contributed by atoms with Crippen LogP contribution in [0.5, 0.6) is 0 Å². The average molecular weight is 303 g/mol. The Morgan fingerprint density at radius 3 is 2.76 bits per heavy atom. The molecule has 21 heavy (non-hydrogen) atoms. The molecule has 0 unspecified atom stereocenters. The van der Waals surface area contributed by atoms with Crippen LogP contribution in [0.1, 0.15) is 54.5 Å². The second kappa shape index (κ2) is 6.52. The molecule has 3 rings (SSSR count). The number of carbonyl (C=O) groups excluding carboxylic acids is 1. The smallest absolute Gasteiger partial charge is 0.144 e. The number of hydrogen-bond donors (Lipinski definition) is 0. The van der Waals surface area contributed by atoms with Crippen LogP contribution in [0.4, 0.5) is 0 Å². The second-order valence-electron chi connectivity index (χ2n) is 5.83. The molecule has 1 aliphatic carbocycles. The molecule has 0 amide bonds. The molecule has 1 fully saturated rings. The van der Waals surface area contributed by atoms with E-state index in [1.807, 2.05) is 24.6 Å². The third kappa shape index (κ3) is 3.79. The quantitative estimate of drug-likeness (QED) is 0.849. The van der Waals surface area contributed by atoms with Gasteiger partial charge in [-0.1, -0.05) is 19.3 Å². The summed E-state index contributed by atoms with van der Waals surface area (Å²) in [6.45, 7) is 1.96. The number of Topliss-reactive ketones (excluding diaryl/α,β-unsaturated/α-hetero) is 1. The summed E-state index contributed by atoms with van der Waals surface area (Å²) in [4.78, 5) is 16.4. The monoisotopic (exact) mass is 303 g/mol. The Balaban J connectivity index is 1.57. The van der Waals surface area contributed by atoms with Crippen LogP contribution in [0.15, 0.2) is 17.6 Å². The van der Waals surface area contributed by atoms with Crippen LogP contribution in [-0.4, -0.2) is 20.5 Å². The molecule has 1 saturated carbocycles. The zero-order valence-corrected chi connectivity index (χ0v) is 13.2. The van der Waals surface area contributed by atoms with Crippen molar-refractivity contribution in [3.63, 3.8) is 0 Å². The first kappa shape index (κ1) is 14.4. The molecule has 0 spiro atoms. The van der Waals surface area contributed by atoms with Crippen molar-refractivity contribution in [1.82, 2.24) is 14.8 Å². The van der Waals surface area contributed by atoms with Gasteiger partial charge in [0.1, 0.15) is 5.78 Å². The van der Waals surface area contributed by atoms with Gasteiger partial charge in [-0.15, -0.1) is 11.3 Å². The van der Waals surface area contributed by atoms with E-state index in [1.54, 1.807) is 11.3 Å². The molecule has 0 aliphatic heterocycles. The molecule has 0 N–H and O–H groups in total. The number of rotatable bonds is 5. The van der Waals surface area contributed by atoms with Crippen molar-refractivity contribution in [3.05, 3.63) is 34.0 Å². The van der Waals surface area contributed by atoms with Gasteiger partial charge in [-0.25, -0.2) is 4.98 Å². The minimum Gasteiger partial charge on any atom is -0.299 e. The van der Waals surface area contributed by atoms with Crippen molar-refractivity contribution in [3.8, 4) is 0 Å². The fraction of sp³-hybridized carbons (Fsp3) is 0.562. The van der Waals surface area contributed by atoms with E-state index in [4.69, 9.17) is 0 Å². The fourth-order valence-corrected chi connectivity index (χ4v) is 3.59. The van der Waals surface area contributed by atoms with Crippen LogP contribution in [0.3, 0.4) is 0 Å². The summed E-state index contributed by atoms with van der Waals surface area (Å²) < 4.78 is 2.06. The molecule has 0 radical (unpaired) electrons. The van der Waals surface area contributed by atoms with Gasteiger partial charge in [-0.2, -0.15) is 5.10 Å². The number of aryl methyl sites for hydroxylation is 1. The molecule has 5 heteroatoms. The van der Waals surface area contributed by atoms with Crippen LogP contribution in [0, 0.1) is 6.92 Å². The summed E-state index contributed by atoms with van der Waals surface area (Å²) in [6.07, 6.45) is 9.23. The predicted octanol–water partition coefficient (Wildman–Crippen LogP) is 3.51. The first-order valence-electron chi connectivity index (χ1n) is 7.67. The lowest BCUT2D eigenvalue weighted by Gasteiger charge is -2.21. The molecule has 0 saturated heterocycles. The molecule has 0 aromatic carbocycles. The maximum atomic E-state index is 12.1. The zero-order chi connectivity index (χ0) is 14.7. The van der Waals surface area contributed by atoms with Crippen LogP contribution in [0.2, 0.25) is 0 Å². The van der Waals surface area contributed by atoms with Crippen molar-refractivity contribution in [2.24, 2.45) is 0 Å². The average Bonchev–Trinajstić information content (AvgIpc) is 3.09. The normalized spacial score (nSPS) is 16.2. The molecule has 2 heterocycles.